The minimum Gasteiger partial charge on any atom is -0.365 e. The smallest absolute Gasteiger partial charge is 0.365 e. The number of carbonyl (C=O) groups is 1. The first kappa shape index (κ1) is 24.3. The summed E-state index contributed by atoms with van der Waals surface area (Å²) >= 11 is 0. The van der Waals surface area contributed by atoms with E-state index in [0.29, 0.717) is 5.69 Å². The van der Waals surface area contributed by atoms with E-state index >= 15 is 0 Å². The number of carbonyl (C=O) groups excluding carboxylic acids is 1. The maximum Gasteiger partial charge on any atom is 0.417 e. The fourth-order valence-electron chi connectivity index (χ4n) is 3.63. The molecule has 2 heterocycles. The van der Waals surface area contributed by atoms with Crippen LogP contribution < -0.4 is 15.4 Å². The first-order valence-electron chi connectivity index (χ1n) is 9.75. The molecule has 2 aromatic rings. The van der Waals surface area contributed by atoms with Crippen LogP contribution in [0, 0.1) is 11.3 Å². The van der Waals surface area contributed by atoms with E-state index < -0.39 is 33.4 Å². The van der Waals surface area contributed by atoms with Gasteiger partial charge in [0.15, 0.2) is 5.03 Å². The lowest BCUT2D eigenvalue weighted by Gasteiger charge is -2.45. The van der Waals surface area contributed by atoms with E-state index in [1.807, 2.05) is 0 Å². The van der Waals surface area contributed by atoms with Crippen LogP contribution in [0.15, 0.2) is 41.6 Å². The van der Waals surface area contributed by atoms with E-state index in [4.69, 9.17) is 10.4 Å². The largest absolute Gasteiger partial charge is 0.417 e. The number of sulfonamides is 1. The molecule has 176 valence electrons. The number of hydrogen-bond donors (Lipinski definition) is 2. The number of urea groups is 1. The van der Waals surface area contributed by atoms with Gasteiger partial charge in [-0.3, -0.25) is 0 Å². The Labute approximate surface area is 188 Å². The summed E-state index contributed by atoms with van der Waals surface area (Å²) in [7, 11) is -3.96. The number of amides is 2. The van der Waals surface area contributed by atoms with Gasteiger partial charge in [-0.15, -0.1) is 0 Å². The molecular formula is C20H21F3N6O3S. The van der Waals surface area contributed by atoms with Crippen LogP contribution in [0.4, 0.5) is 29.3 Å². The number of nitrogens with two attached hydrogens (primary N) is 1. The van der Waals surface area contributed by atoms with Gasteiger partial charge in [-0.2, -0.15) is 18.4 Å². The van der Waals surface area contributed by atoms with Crippen molar-refractivity contribution in [1.29, 1.82) is 5.26 Å². The van der Waals surface area contributed by atoms with E-state index in [1.165, 1.54) is 17.0 Å². The molecule has 0 spiro atoms. The minimum atomic E-state index is -4.66. The molecule has 0 unspecified atom stereocenters. The van der Waals surface area contributed by atoms with Crippen molar-refractivity contribution < 1.29 is 26.4 Å². The molecule has 1 aromatic carbocycles. The maximum atomic E-state index is 13.3. The average molecular weight is 482 g/mol. The van der Waals surface area contributed by atoms with Crippen LogP contribution in [0.25, 0.3) is 0 Å². The molecule has 0 radical (unpaired) electrons. The van der Waals surface area contributed by atoms with Crippen molar-refractivity contribution in [3.05, 3.63) is 47.7 Å². The van der Waals surface area contributed by atoms with Crippen molar-refractivity contribution in [3.63, 3.8) is 0 Å². The number of anilines is 2. The van der Waals surface area contributed by atoms with E-state index in [1.54, 1.807) is 24.8 Å². The van der Waals surface area contributed by atoms with E-state index in [-0.39, 0.29) is 35.9 Å². The molecule has 2 atom stereocenters. The Hall–Kier alpha value is -3.37. The highest BCUT2D eigenvalue weighted by Crippen LogP contribution is 2.35. The third-order valence-electron chi connectivity index (χ3n) is 5.29. The topological polar surface area (TPSA) is 132 Å². The van der Waals surface area contributed by atoms with Gasteiger partial charge < -0.3 is 15.1 Å². The lowest BCUT2D eigenvalue weighted by atomic mass is 10.0. The zero-order chi connectivity index (χ0) is 24.6. The summed E-state index contributed by atoms with van der Waals surface area (Å²) in [6, 6.07) is 6.51. The Balaban J connectivity index is 1.75. The molecule has 1 aliphatic heterocycles. The Morgan fingerprint density at radius 3 is 2.45 bits per heavy atom. The molecule has 0 aliphatic carbocycles. The van der Waals surface area contributed by atoms with Crippen LogP contribution >= 0.6 is 0 Å². The number of primary sulfonamides is 1. The lowest BCUT2D eigenvalue weighted by Crippen LogP contribution is -2.59. The van der Waals surface area contributed by atoms with Crippen molar-refractivity contribution in [2.75, 3.05) is 23.3 Å². The molecule has 1 aliphatic rings. The van der Waals surface area contributed by atoms with Gasteiger partial charge in [-0.25, -0.2) is 23.3 Å². The second-order valence-corrected chi connectivity index (χ2v) is 9.21. The summed E-state index contributed by atoms with van der Waals surface area (Å²) < 4.78 is 62.6. The Kier molecular flexibility index (Phi) is 6.53. The molecule has 9 nitrogen and oxygen atoms in total. The van der Waals surface area contributed by atoms with Crippen molar-refractivity contribution >= 4 is 27.4 Å². The molecule has 1 aromatic heterocycles. The summed E-state index contributed by atoms with van der Waals surface area (Å²) in [6.45, 7) is 4.02. The molecule has 3 rings (SSSR count). The number of halogens is 3. The van der Waals surface area contributed by atoms with Crippen molar-refractivity contribution in [3.8, 4) is 6.07 Å². The van der Waals surface area contributed by atoms with E-state index in [9.17, 15) is 26.4 Å². The van der Waals surface area contributed by atoms with Gasteiger partial charge in [-0.05, 0) is 44.2 Å². The van der Waals surface area contributed by atoms with Gasteiger partial charge in [0.05, 0.1) is 29.1 Å². The highest BCUT2D eigenvalue weighted by molar-refractivity contribution is 7.89. The third-order valence-corrected chi connectivity index (χ3v) is 6.11. The van der Waals surface area contributed by atoms with Crippen molar-refractivity contribution in [1.82, 2.24) is 9.88 Å². The second kappa shape index (κ2) is 8.87. The first-order valence-corrected chi connectivity index (χ1v) is 11.3. The zero-order valence-corrected chi connectivity index (χ0v) is 18.5. The fraction of sp³-hybridized carbons (Fsp3) is 0.350. The van der Waals surface area contributed by atoms with Crippen molar-refractivity contribution in [2.45, 2.75) is 37.1 Å². The number of aromatic nitrogens is 1. The predicted molar refractivity (Wildman–Crippen MR) is 114 cm³/mol. The number of nitrogens with zero attached hydrogens (tertiary/aromatic N) is 4. The standard InChI is InChI=1S/C20H21F3N6O3S/c1-12-11-29(19(30)27-15-4-6-18(26-9-15)33(25,31)32)13(2)10-28(12)16-5-3-14(8-24)17(7-16)20(21,22)23/h3-7,9,12-13H,10-11H2,1-2H3,(H,27,30)(H2,25,31,32)/t12-,13+/m0/s1. The molecule has 33 heavy (non-hydrogen) atoms. The van der Waals surface area contributed by atoms with E-state index in [2.05, 4.69) is 10.3 Å². The van der Waals surface area contributed by atoms with Gasteiger partial charge in [0, 0.05) is 30.9 Å². The Morgan fingerprint density at radius 2 is 1.91 bits per heavy atom. The van der Waals surface area contributed by atoms with Gasteiger partial charge in [0.1, 0.15) is 0 Å². The number of rotatable bonds is 3. The molecule has 2 amide bonds. The predicted octanol–water partition coefficient (Wildman–Crippen LogP) is 2.75. The van der Waals surface area contributed by atoms with Crippen LogP contribution in [-0.2, 0) is 16.2 Å². The normalized spacial score (nSPS) is 19.2. The molecule has 3 N–H and O–H groups in total. The summed E-state index contributed by atoms with van der Waals surface area (Å²) in [6.07, 6.45) is -3.50. The zero-order valence-electron chi connectivity index (χ0n) is 17.7. The number of nitriles is 1. The van der Waals surface area contributed by atoms with Crippen LogP contribution in [0.2, 0.25) is 0 Å². The average Bonchev–Trinajstić information content (AvgIpc) is 2.73. The first-order chi connectivity index (χ1) is 15.3. The van der Waals surface area contributed by atoms with E-state index in [0.717, 1.165) is 24.4 Å². The molecule has 13 heteroatoms. The van der Waals surface area contributed by atoms with Crippen LogP contribution in [0.1, 0.15) is 25.0 Å². The molecule has 0 bridgehead atoms. The maximum absolute atomic E-state index is 13.3. The minimum absolute atomic E-state index is 0.219. The van der Waals surface area contributed by atoms with Crippen molar-refractivity contribution in [2.24, 2.45) is 5.14 Å². The van der Waals surface area contributed by atoms with Crippen LogP contribution in [0.5, 0.6) is 0 Å². The quantitative estimate of drug-likeness (QED) is 0.691. The number of pyridine rings is 1. The second-order valence-electron chi connectivity index (χ2n) is 7.70. The van der Waals surface area contributed by atoms with Gasteiger partial charge in [0.2, 0.25) is 0 Å². The van der Waals surface area contributed by atoms with Gasteiger partial charge in [-0.1, -0.05) is 0 Å². The third kappa shape index (κ3) is 5.35. The molecule has 1 fully saturated rings. The molecular weight excluding hydrogens is 461 g/mol. The monoisotopic (exact) mass is 482 g/mol. The molecule has 0 saturated carbocycles. The summed E-state index contributed by atoms with van der Waals surface area (Å²) in [5.74, 6) is 0. The van der Waals surface area contributed by atoms with Gasteiger partial charge in [0.25, 0.3) is 10.0 Å². The number of nitrogens with one attached hydrogen (secondary N) is 1. The van der Waals surface area contributed by atoms with Crippen LogP contribution in [0.3, 0.4) is 0 Å². The number of alkyl halides is 3. The van der Waals surface area contributed by atoms with Gasteiger partial charge >= 0.3 is 12.2 Å². The summed E-state index contributed by atoms with van der Waals surface area (Å²) in [4.78, 5) is 19.8. The summed E-state index contributed by atoms with van der Waals surface area (Å²) in [5, 5.41) is 16.3. The number of piperazine rings is 1. The Bertz CT molecular complexity index is 1200. The lowest BCUT2D eigenvalue weighted by molar-refractivity contribution is -0.137. The summed E-state index contributed by atoms with van der Waals surface area (Å²) in [5.41, 5.74) is -0.884. The highest BCUT2D eigenvalue weighted by atomic mass is 32.2. The SMILES string of the molecule is C[C@@H]1CN(c2ccc(C#N)c(C(F)(F)F)c2)[C@@H](C)CN1C(=O)Nc1ccc(S(N)(=O)=O)nc1. The van der Waals surface area contributed by atoms with Crippen LogP contribution in [-0.4, -0.2) is 49.5 Å². The highest BCUT2D eigenvalue weighted by Gasteiger charge is 2.36. The number of benzene rings is 1. The number of hydrogen-bond acceptors (Lipinski definition) is 6. The Morgan fingerprint density at radius 1 is 1.21 bits per heavy atom. The molecule has 1 saturated heterocycles. The fourth-order valence-corrected chi connectivity index (χ4v) is 4.09.